The van der Waals surface area contributed by atoms with Crippen molar-refractivity contribution < 1.29 is 0 Å². The number of rotatable bonds is 0. The fraction of sp³-hybridized carbons (Fsp3) is 0.158. The van der Waals surface area contributed by atoms with Crippen LogP contribution in [-0.4, -0.2) is 0 Å². The van der Waals surface area contributed by atoms with Crippen LogP contribution in [0.1, 0.15) is 22.3 Å². The lowest BCUT2D eigenvalue weighted by molar-refractivity contribution is 1.27. The van der Waals surface area contributed by atoms with Crippen molar-refractivity contribution in [3.63, 3.8) is 0 Å². The smallest absolute Gasteiger partial charge is 0.00132 e. The van der Waals surface area contributed by atoms with Gasteiger partial charge >= 0.3 is 0 Å². The highest BCUT2D eigenvalue weighted by Crippen LogP contribution is 2.39. The molecule has 0 radical (unpaired) electrons. The summed E-state index contributed by atoms with van der Waals surface area (Å²) in [7, 11) is 0. The normalized spacial score (nSPS) is 12.5. The second-order valence-corrected chi connectivity index (χ2v) is 5.59. The van der Waals surface area contributed by atoms with Crippen molar-refractivity contribution in [1.29, 1.82) is 0 Å². The molecule has 0 heterocycles. The molecular formula is C19H16. The second-order valence-electron chi connectivity index (χ2n) is 5.59. The second kappa shape index (κ2) is 3.71. The molecule has 0 saturated carbocycles. The van der Waals surface area contributed by atoms with Gasteiger partial charge in [0.25, 0.3) is 0 Å². The van der Waals surface area contributed by atoms with Crippen LogP contribution in [0.4, 0.5) is 0 Å². The first-order valence-corrected chi connectivity index (χ1v) is 6.85. The monoisotopic (exact) mass is 244 g/mol. The highest BCUT2D eigenvalue weighted by atomic mass is 14.2. The Morgan fingerprint density at radius 1 is 0.684 bits per heavy atom. The predicted molar refractivity (Wildman–Crippen MR) is 81.7 cm³/mol. The van der Waals surface area contributed by atoms with Crippen LogP contribution in [0.25, 0.3) is 21.9 Å². The lowest BCUT2D eigenvalue weighted by Gasteiger charge is -2.09. The van der Waals surface area contributed by atoms with E-state index in [0.29, 0.717) is 0 Å². The lowest BCUT2D eigenvalue weighted by Crippen LogP contribution is -1.87. The molecule has 1 aliphatic rings. The maximum atomic E-state index is 2.40. The quantitative estimate of drug-likeness (QED) is 0.407. The summed E-state index contributed by atoms with van der Waals surface area (Å²) in [5.74, 6) is 0. The largest absolute Gasteiger partial charge is 0.0619 e. The van der Waals surface area contributed by atoms with Gasteiger partial charge in [-0.15, -0.1) is 0 Å². The van der Waals surface area contributed by atoms with Gasteiger partial charge in [0, 0.05) is 0 Å². The predicted octanol–water partition coefficient (Wildman–Crippen LogP) is 5.03. The third-order valence-electron chi connectivity index (χ3n) is 4.36. The Morgan fingerprint density at radius 3 is 2.16 bits per heavy atom. The molecule has 0 amide bonds. The van der Waals surface area contributed by atoms with Gasteiger partial charge in [-0.05, 0) is 76.6 Å². The van der Waals surface area contributed by atoms with Crippen LogP contribution < -0.4 is 0 Å². The van der Waals surface area contributed by atoms with E-state index < -0.39 is 0 Å². The molecule has 0 heteroatoms. The van der Waals surface area contributed by atoms with E-state index in [1.807, 2.05) is 0 Å². The van der Waals surface area contributed by atoms with Crippen molar-refractivity contribution in [3.05, 3.63) is 70.8 Å². The van der Waals surface area contributed by atoms with E-state index in [2.05, 4.69) is 62.4 Å². The van der Waals surface area contributed by atoms with Crippen LogP contribution >= 0.6 is 0 Å². The van der Waals surface area contributed by atoms with Crippen molar-refractivity contribution in [2.45, 2.75) is 20.3 Å². The molecule has 0 saturated heterocycles. The Bertz CT molecular complexity index is 810. The maximum Gasteiger partial charge on any atom is -0.00132 e. The fourth-order valence-corrected chi connectivity index (χ4v) is 3.27. The zero-order valence-corrected chi connectivity index (χ0v) is 11.3. The van der Waals surface area contributed by atoms with E-state index in [1.165, 1.54) is 44.2 Å². The van der Waals surface area contributed by atoms with Gasteiger partial charge in [0.15, 0.2) is 0 Å². The Kier molecular flexibility index (Phi) is 2.11. The SMILES string of the molecule is Cc1ccc(C)c2cc3c(cc12)Cc1ccccc1-3. The summed E-state index contributed by atoms with van der Waals surface area (Å²) in [6, 6.07) is 18.0. The molecule has 4 rings (SSSR count). The molecule has 92 valence electrons. The average Bonchev–Trinajstić information content (AvgIpc) is 2.79. The van der Waals surface area contributed by atoms with Crippen LogP contribution in [0.3, 0.4) is 0 Å². The van der Waals surface area contributed by atoms with Gasteiger partial charge in [0.2, 0.25) is 0 Å². The van der Waals surface area contributed by atoms with Crippen molar-refractivity contribution in [2.75, 3.05) is 0 Å². The van der Waals surface area contributed by atoms with Crippen LogP contribution in [0.2, 0.25) is 0 Å². The highest BCUT2D eigenvalue weighted by Gasteiger charge is 2.19. The average molecular weight is 244 g/mol. The Labute approximate surface area is 113 Å². The number of hydrogen-bond donors (Lipinski definition) is 0. The molecule has 0 aromatic heterocycles. The molecule has 3 aromatic rings. The van der Waals surface area contributed by atoms with E-state index in [4.69, 9.17) is 0 Å². The van der Waals surface area contributed by atoms with Crippen LogP contribution in [0.15, 0.2) is 48.5 Å². The molecule has 0 fully saturated rings. The first-order valence-electron chi connectivity index (χ1n) is 6.85. The van der Waals surface area contributed by atoms with Crippen molar-refractivity contribution in [2.24, 2.45) is 0 Å². The van der Waals surface area contributed by atoms with E-state index in [1.54, 1.807) is 0 Å². The summed E-state index contributed by atoms with van der Waals surface area (Å²) in [6.45, 7) is 4.41. The minimum absolute atomic E-state index is 1.08. The summed E-state index contributed by atoms with van der Waals surface area (Å²) in [5.41, 5.74) is 8.52. The van der Waals surface area contributed by atoms with Gasteiger partial charge in [0.05, 0.1) is 0 Å². The van der Waals surface area contributed by atoms with E-state index in [0.717, 1.165) is 6.42 Å². The van der Waals surface area contributed by atoms with Gasteiger partial charge in [0.1, 0.15) is 0 Å². The van der Waals surface area contributed by atoms with E-state index in [9.17, 15) is 0 Å². The standard InChI is InChI=1S/C19H16/c1-12-7-8-13(2)18-11-19-15(10-17(12)18)9-14-5-3-4-6-16(14)19/h3-8,10-11H,9H2,1-2H3. The molecule has 0 bridgehead atoms. The zero-order chi connectivity index (χ0) is 13.0. The van der Waals surface area contributed by atoms with Gasteiger partial charge in [-0.25, -0.2) is 0 Å². The molecule has 0 atom stereocenters. The summed E-state index contributed by atoms with van der Waals surface area (Å²) in [6.07, 6.45) is 1.08. The third kappa shape index (κ3) is 1.46. The van der Waals surface area contributed by atoms with Gasteiger partial charge < -0.3 is 0 Å². The number of hydrogen-bond acceptors (Lipinski definition) is 0. The summed E-state index contributed by atoms with van der Waals surface area (Å²) >= 11 is 0. The van der Waals surface area contributed by atoms with Crippen molar-refractivity contribution >= 4 is 10.8 Å². The third-order valence-corrected chi connectivity index (χ3v) is 4.36. The lowest BCUT2D eigenvalue weighted by atomic mass is 9.95. The molecule has 0 nitrogen and oxygen atoms in total. The van der Waals surface area contributed by atoms with E-state index >= 15 is 0 Å². The first kappa shape index (κ1) is 10.8. The van der Waals surface area contributed by atoms with Crippen LogP contribution in [-0.2, 0) is 6.42 Å². The number of aryl methyl sites for hydroxylation is 2. The van der Waals surface area contributed by atoms with Gasteiger partial charge in [-0.2, -0.15) is 0 Å². The van der Waals surface area contributed by atoms with Crippen LogP contribution in [0.5, 0.6) is 0 Å². The van der Waals surface area contributed by atoms with Crippen molar-refractivity contribution in [3.8, 4) is 11.1 Å². The number of fused-ring (bicyclic) bond motifs is 4. The van der Waals surface area contributed by atoms with Gasteiger partial charge in [-0.1, -0.05) is 36.4 Å². The fourth-order valence-electron chi connectivity index (χ4n) is 3.27. The molecule has 0 aliphatic heterocycles. The first-order chi connectivity index (χ1) is 9.24. The molecule has 0 unspecified atom stereocenters. The Hall–Kier alpha value is -2.08. The molecule has 1 aliphatic carbocycles. The van der Waals surface area contributed by atoms with Crippen molar-refractivity contribution in [1.82, 2.24) is 0 Å². The topological polar surface area (TPSA) is 0 Å². The minimum atomic E-state index is 1.08. The summed E-state index contributed by atoms with van der Waals surface area (Å²) in [5, 5.41) is 2.81. The summed E-state index contributed by atoms with van der Waals surface area (Å²) < 4.78 is 0. The Morgan fingerprint density at radius 2 is 1.37 bits per heavy atom. The molecule has 3 aromatic carbocycles. The highest BCUT2D eigenvalue weighted by molar-refractivity contribution is 5.95. The molecular weight excluding hydrogens is 228 g/mol. The molecule has 19 heavy (non-hydrogen) atoms. The molecule has 0 spiro atoms. The van der Waals surface area contributed by atoms with Gasteiger partial charge in [-0.3, -0.25) is 0 Å². The Balaban J connectivity index is 2.10. The minimum Gasteiger partial charge on any atom is -0.0619 e. The summed E-state index contributed by atoms with van der Waals surface area (Å²) in [4.78, 5) is 0. The molecule has 0 N–H and O–H groups in total. The van der Waals surface area contributed by atoms with E-state index in [-0.39, 0.29) is 0 Å². The number of benzene rings is 3. The van der Waals surface area contributed by atoms with Crippen LogP contribution in [0, 0.1) is 13.8 Å². The maximum absolute atomic E-state index is 2.40. The zero-order valence-electron chi connectivity index (χ0n) is 11.3.